The Hall–Kier alpha value is -3.04. The molecule has 3 aromatic rings. The minimum Gasteiger partial charge on any atom is -0.339 e. The second-order valence-corrected chi connectivity index (χ2v) is 10.7. The average molecular weight is 481 g/mol. The van der Waals surface area contributed by atoms with E-state index in [4.69, 9.17) is 4.52 Å². The van der Waals surface area contributed by atoms with Gasteiger partial charge in [-0.3, -0.25) is 4.79 Å². The van der Waals surface area contributed by atoms with Gasteiger partial charge in [0, 0.05) is 43.7 Å². The first-order valence-electron chi connectivity index (χ1n) is 11.8. The number of rotatable bonds is 7. The highest BCUT2D eigenvalue weighted by atomic mass is 32.2. The lowest BCUT2D eigenvalue weighted by Crippen LogP contribution is -2.35. The molecular weight excluding hydrogens is 452 g/mol. The van der Waals surface area contributed by atoms with Crippen LogP contribution in [0.25, 0.3) is 11.4 Å². The van der Waals surface area contributed by atoms with Gasteiger partial charge in [-0.2, -0.15) is 9.29 Å². The Kier molecular flexibility index (Phi) is 6.47. The van der Waals surface area contributed by atoms with Gasteiger partial charge in [-0.1, -0.05) is 35.5 Å². The number of carbonyl (C=O) groups excluding carboxylic acids is 1. The number of anilines is 1. The summed E-state index contributed by atoms with van der Waals surface area (Å²) in [6.07, 6.45) is 4.88. The molecule has 178 valence electrons. The van der Waals surface area contributed by atoms with Crippen LogP contribution in [-0.2, 0) is 27.7 Å². The fraction of sp³-hybridized carbons (Fsp3) is 0.400. The lowest BCUT2D eigenvalue weighted by molar-refractivity contribution is -0.118. The highest BCUT2D eigenvalue weighted by molar-refractivity contribution is 7.89. The third-order valence-electron chi connectivity index (χ3n) is 6.45. The fourth-order valence-electron chi connectivity index (χ4n) is 4.66. The number of hydrogen-bond acceptors (Lipinski definition) is 6. The van der Waals surface area contributed by atoms with Crippen molar-refractivity contribution in [2.24, 2.45) is 0 Å². The van der Waals surface area contributed by atoms with Gasteiger partial charge < -0.3 is 9.42 Å². The summed E-state index contributed by atoms with van der Waals surface area (Å²) >= 11 is 0. The zero-order valence-corrected chi connectivity index (χ0v) is 19.8. The Morgan fingerprint density at radius 2 is 1.79 bits per heavy atom. The Morgan fingerprint density at radius 1 is 1.00 bits per heavy atom. The zero-order chi connectivity index (χ0) is 23.5. The van der Waals surface area contributed by atoms with Gasteiger partial charge in [0.2, 0.25) is 27.6 Å². The summed E-state index contributed by atoms with van der Waals surface area (Å²) in [7, 11) is -3.47. The monoisotopic (exact) mass is 480 g/mol. The molecule has 1 amide bonds. The Morgan fingerprint density at radius 3 is 2.59 bits per heavy atom. The van der Waals surface area contributed by atoms with Crippen molar-refractivity contribution in [3.63, 3.8) is 0 Å². The summed E-state index contributed by atoms with van der Waals surface area (Å²) < 4.78 is 32.8. The summed E-state index contributed by atoms with van der Waals surface area (Å²) in [4.78, 5) is 19.5. The molecule has 0 saturated carbocycles. The van der Waals surface area contributed by atoms with Crippen molar-refractivity contribution in [2.45, 2.75) is 49.8 Å². The van der Waals surface area contributed by atoms with E-state index in [0.29, 0.717) is 55.5 Å². The maximum atomic E-state index is 13.0. The van der Waals surface area contributed by atoms with E-state index in [1.54, 1.807) is 27.4 Å². The number of sulfonamides is 1. The number of amides is 1. The zero-order valence-electron chi connectivity index (χ0n) is 19.0. The van der Waals surface area contributed by atoms with E-state index in [2.05, 4.69) is 10.1 Å². The highest BCUT2D eigenvalue weighted by Gasteiger charge is 2.29. The predicted molar refractivity (Wildman–Crippen MR) is 128 cm³/mol. The maximum absolute atomic E-state index is 13.0. The molecule has 0 aliphatic carbocycles. The van der Waals surface area contributed by atoms with Gasteiger partial charge in [-0.05, 0) is 55.9 Å². The van der Waals surface area contributed by atoms with Gasteiger partial charge in [0.25, 0.3) is 0 Å². The van der Waals surface area contributed by atoms with Crippen LogP contribution in [0, 0.1) is 0 Å². The fourth-order valence-corrected chi connectivity index (χ4v) is 6.23. The summed E-state index contributed by atoms with van der Waals surface area (Å²) in [6.45, 7) is 1.80. The topological polar surface area (TPSA) is 96.6 Å². The molecule has 8 nitrogen and oxygen atoms in total. The van der Waals surface area contributed by atoms with Gasteiger partial charge in [0.05, 0.1) is 4.90 Å². The van der Waals surface area contributed by atoms with Crippen molar-refractivity contribution in [2.75, 3.05) is 24.5 Å². The molecule has 9 heteroatoms. The molecule has 1 saturated heterocycles. The van der Waals surface area contributed by atoms with Crippen molar-refractivity contribution in [3.05, 3.63) is 60.0 Å². The van der Waals surface area contributed by atoms with E-state index in [1.165, 1.54) is 0 Å². The summed E-state index contributed by atoms with van der Waals surface area (Å²) in [5.41, 5.74) is 2.63. The number of benzene rings is 2. The van der Waals surface area contributed by atoms with Crippen LogP contribution >= 0.6 is 0 Å². The lowest BCUT2D eigenvalue weighted by atomic mass is 10.0. The van der Waals surface area contributed by atoms with E-state index >= 15 is 0 Å². The molecular formula is C25H28N4O4S. The SMILES string of the molecule is O=C(CCCc1nc(-c2ccccc2)no1)N1CCCc2cc(S(=O)(=O)N3CCCC3)ccc21. The van der Waals surface area contributed by atoms with E-state index in [9.17, 15) is 13.2 Å². The summed E-state index contributed by atoms with van der Waals surface area (Å²) in [5, 5.41) is 4.03. The number of fused-ring (bicyclic) bond motifs is 1. The van der Waals surface area contributed by atoms with Gasteiger partial charge in [-0.25, -0.2) is 8.42 Å². The largest absolute Gasteiger partial charge is 0.339 e. The first kappa shape index (κ1) is 22.7. The molecule has 2 aromatic carbocycles. The van der Waals surface area contributed by atoms with E-state index < -0.39 is 10.0 Å². The standard InChI is InChI=1S/C25H28N4O4S/c30-24(12-6-11-23-26-25(27-33-23)19-8-2-1-3-9-19)29-17-7-10-20-18-21(13-14-22(20)29)34(31,32)28-15-4-5-16-28/h1-3,8-9,13-14,18H,4-7,10-12,15-17H2. The van der Waals surface area contributed by atoms with Crippen LogP contribution < -0.4 is 4.90 Å². The molecule has 1 fully saturated rings. The van der Waals surface area contributed by atoms with E-state index in [1.807, 2.05) is 30.3 Å². The minimum atomic E-state index is -3.47. The van der Waals surface area contributed by atoms with Crippen molar-refractivity contribution in [1.29, 1.82) is 0 Å². The smallest absolute Gasteiger partial charge is 0.243 e. The van der Waals surface area contributed by atoms with Crippen LogP contribution in [0.3, 0.4) is 0 Å². The third-order valence-corrected chi connectivity index (χ3v) is 8.35. The second-order valence-electron chi connectivity index (χ2n) is 8.78. The average Bonchev–Trinajstić information content (AvgIpc) is 3.57. The van der Waals surface area contributed by atoms with Crippen LogP contribution in [0.4, 0.5) is 5.69 Å². The molecule has 0 radical (unpaired) electrons. The molecule has 0 N–H and O–H groups in total. The van der Waals surface area contributed by atoms with Crippen LogP contribution in [0.1, 0.15) is 43.6 Å². The number of hydrogen-bond donors (Lipinski definition) is 0. The molecule has 2 aliphatic heterocycles. The third kappa shape index (κ3) is 4.63. The minimum absolute atomic E-state index is 0.0268. The van der Waals surface area contributed by atoms with Gasteiger partial charge in [0.1, 0.15) is 0 Å². The lowest BCUT2D eigenvalue weighted by Gasteiger charge is -2.30. The Labute approximate surface area is 199 Å². The number of aromatic nitrogens is 2. The quantitative estimate of drug-likeness (QED) is 0.510. The van der Waals surface area contributed by atoms with Crippen LogP contribution in [-0.4, -0.2) is 48.4 Å². The molecule has 34 heavy (non-hydrogen) atoms. The van der Waals surface area contributed by atoms with Crippen molar-refractivity contribution in [1.82, 2.24) is 14.4 Å². The normalized spacial score (nSPS) is 16.5. The number of carbonyl (C=O) groups is 1. The van der Waals surface area contributed by atoms with E-state index in [0.717, 1.165) is 42.5 Å². The maximum Gasteiger partial charge on any atom is 0.243 e. The molecule has 2 aliphatic rings. The molecule has 0 unspecified atom stereocenters. The van der Waals surface area contributed by atoms with E-state index in [-0.39, 0.29) is 5.91 Å². The Bertz CT molecular complexity index is 1270. The van der Waals surface area contributed by atoms with Crippen LogP contribution in [0.15, 0.2) is 57.9 Å². The van der Waals surface area contributed by atoms with Crippen molar-refractivity contribution < 1.29 is 17.7 Å². The first-order chi connectivity index (χ1) is 16.5. The molecule has 1 aromatic heterocycles. The van der Waals surface area contributed by atoms with Gasteiger partial charge >= 0.3 is 0 Å². The molecule has 0 bridgehead atoms. The summed E-state index contributed by atoms with van der Waals surface area (Å²) in [6, 6.07) is 14.8. The van der Waals surface area contributed by atoms with Crippen molar-refractivity contribution in [3.8, 4) is 11.4 Å². The molecule has 0 atom stereocenters. The van der Waals surface area contributed by atoms with Crippen molar-refractivity contribution >= 4 is 21.6 Å². The number of nitrogens with zero attached hydrogens (tertiary/aromatic N) is 4. The van der Waals surface area contributed by atoms with Gasteiger partial charge in [-0.15, -0.1) is 0 Å². The summed E-state index contributed by atoms with van der Waals surface area (Å²) in [5.74, 6) is 1.09. The van der Waals surface area contributed by atoms with Gasteiger partial charge in [0.15, 0.2) is 0 Å². The molecule has 0 spiro atoms. The molecule has 3 heterocycles. The second kappa shape index (κ2) is 9.68. The number of aryl methyl sites for hydroxylation is 2. The predicted octanol–water partition coefficient (Wildman–Crippen LogP) is 3.82. The molecule has 5 rings (SSSR count). The first-order valence-corrected chi connectivity index (χ1v) is 13.3. The Balaban J connectivity index is 1.22. The van der Waals surface area contributed by atoms with Crippen LogP contribution in [0.2, 0.25) is 0 Å². The van der Waals surface area contributed by atoms with Crippen LogP contribution in [0.5, 0.6) is 0 Å². The highest BCUT2D eigenvalue weighted by Crippen LogP contribution is 2.32.